The Bertz CT molecular complexity index is 1300. The number of likely N-dealkylation sites (tertiary alicyclic amines) is 1. The largest absolute Gasteiger partial charge is 0.444 e. The van der Waals surface area contributed by atoms with E-state index in [1.165, 1.54) is 10.8 Å². The lowest BCUT2D eigenvalue weighted by atomic mass is 10.0. The predicted octanol–water partition coefficient (Wildman–Crippen LogP) is 5.35. The van der Waals surface area contributed by atoms with Crippen LogP contribution < -0.4 is 0 Å². The Morgan fingerprint density at radius 1 is 1.06 bits per heavy atom. The summed E-state index contributed by atoms with van der Waals surface area (Å²) in [7, 11) is 0. The minimum atomic E-state index is -0.490. The third-order valence-electron chi connectivity index (χ3n) is 5.69. The van der Waals surface area contributed by atoms with Gasteiger partial charge in [-0.2, -0.15) is 0 Å². The number of rotatable bonds is 2. The van der Waals surface area contributed by atoms with Gasteiger partial charge in [0.05, 0.1) is 6.04 Å². The zero-order valence-electron chi connectivity index (χ0n) is 18.3. The molecule has 0 N–H and O–H groups in total. The molecule has 2 aromatic heterocycles. The molecular formula is C25H26N4O2. The Kier molecular flexibility index (Phi) is 4.46. The highest BCUT2D eigenvalue weighted by Crippen LogP contribution is 2.33. The molecule has 1 aliphatic heterocycles. The number of hydrogen-bond donors (Lipinski definition) is 0. The van der Waals surface area contributed by atoms with E-state index in [2.05, 4.69) is 52.0 Å². The number of benzene rings is 2. The number of carbonyl (C=O) groups excluding carboxylic acids is 1. The first kappa shape index (κ1) is 19.5. The number of pyridine rings is 1. The van der Waals surface area contributed by atoms with Gasteiger partial charge in [0, 0.05) is 24.8 Å². The standard InChI is InChI=1S/C25H26N4O2/c1-16-27-22-21(19-10-9-17-7-5-6-8-18(17)13-19)11-12-26-23(22)29(16)20-14-28(15-20)24(30)31-25(2,3)4/h5-13,20H,14-15H2,1-4H3. The van der Waals surface area contributed by atoms with Crippen LogP contribution in [0.1, 0.15) is 32.6 Å². The maximum atomic E-state index is 12.3. The summed E-state index contributed by atoms with van der Waals surface area (Å²) >= 11 is 0. The lowest BCUT2D eigenvalue weighted by molar-refractivity contribution is 0.00122. The summed E-state index contributed by atoms with van der Waals surface area (Å²) in [4.78, 5) is 23.6. The quantitative estimate of drug-likeness (QED) is 0.443. The van der Waals surface area contributed by atoms with Crippen molar-refractivity contribution in [2.45, 2.75) is 39.3 Å². The highest BCUT2D eigenvalue weighted by Gasteiger charge is 2.36. The van der Waals surface area contributed by atoms with Gasteiger partial charge in [-0.05, 0) is 56.2 Å². The molecule has 1 amide bonds. The molecule has 0 aliphatic carbocycles. The highest BCUT2D eigenvalue weighted by molar-refractivity contribution is 5.94. The molecule has 6 nitrogen and oxygen atoms in total. The zero-order valence-corrected chi connectivity index (χ0v) is 18.3. The van der Waals surface area contributed by atoms with E-state index in [0.717, 1.165) is 28.1 Å². The van der Waals surface area contributed by atoms with E-state index in [4.69, 9.17) is 9.72 Å². The number of ether oxygens (including phenoxy) is 1. The van der Waals surface area contributed by atoms with Crippen LogP contribution in [-0.4, -0.2) is 44.2 Å². The fourth-order valence-corrected chi connectivity index (χ4v) is 4.22. The van der Waals surface area contributed by atoms with Gasteiger partial charge in [-0.1, -0.05) is 36.4 Å². The van der Waals surface area contributed by atoms with Crippen molar-refractivity contribution < 1.29 is 9.53 Å². The lowest BCUT2D eigenvalue weighted by Gasteiger charge is -2.40. The molecule has 0 spiro atoms. The van der Waals surface area contributed by atoms with Crippen molar-refractivity contribution in [2.24, 2.45) is 0 Å². The van der Waals surface area contributed by atoms with Crippen molar-refractivity contribution in [3.8, 4) is 11.1 Å². The summed E-state index contributed by atoms with van der Waals surface area (Å²) in [5.74, 6) is 0.907. The van der Waals surface area contributed by atoms with Gasteiger partial charge in [-0.15, -0.1) is 0 Å². The molecule has 1 aliphatic rings. The molecule has 1 saturated heterocycles. The van der Waals surface area contributed by atoms with Crippen LogP contribution in [0.3, 0.4) is 0 Å². The van der Waals surface area contributed by atoms with Gasteiger partial charge in [0.25, 0.3) is 0 Å². The third kappa shape index (κ3) is 3.52. The Labute approximate surface area is 181 Å². The molecule has 2 aromatic carbocycles. The van der Waals surface area contributed by atoms with Crippen molar-refractivity contribution in [3.05, 3.63) is 60.6 Å². The van der Waals surface area contributed by atoms with Crippen LogP contribution in [0, 0.1) is 6.92 Å². The molecule has 0 radical (unpaired) electrons. The molecule has 1 fully saturated rings. The molecule has 6 heteroatoms. The number of aryl methyl sites for hydroxylation is 1. The Balaban J connectivity index is 1.47. The van der Waals surface area contributed by atoms with Gasteiger partial charge in [0.2, 0.25) is 0 Å². The van der Waals surface area contributed by atoms with Gasteiger partial charge in [-0.25, -0.2) is 14.8 Å². The number of fused-ring (bicyclic) bond motifs is 2. The van der Waals surface area contributed by atoms with Crippen molar-refractivity contribution in [1.82, 2.24) is 19.4 Å². The summed E-state index contributed by atoms with van der Waals surface area (Å²) < 4.78 is 7.64. The van der Waals surface area contributed by atoms with E-state index < -0.39 is 5.60 Å². The summed E-state index contributed by atoms with van der Waals surface area (Å²) in [5, 5.41) is 2.42. The fourth-order valence-electron chi connectivity index (χ4n) is 4.22. The van der Waals surface area contributed by atoms with Gasteiger partial charge in [-0.3, -0.25) is 0 Å². The van der Waals surface area contributed by atoms with E-state index in [0.29, 0.717) is 13.1 Å². The van der Waals surface area contributed by atoms with E-state index in [9.17, 15) is 4.79 Å². The number of amides is 1. The van der Waals surface area contributed by atoms with Crippen LogP contribution in [0.2, 0.25) is 0 Å². The van der Waals surface area contributed by atoms with Gasteiger partial charge >= 0.3 is 6.09 Å². The van der Waals surface area contributed by atoms with Crippen LogP contribution in [0.4, 0.5) is 4.79 Å². The molecule has 0 atom stereocenters. The maximum Gasteiger partial charge on any atom is 0.410 e. The number of aromatic nitrogens is 3. The van der Waals surface area contributed by atoms with Gasteiger partial charge in [0.1, 0.15) is 16.9 Å². The Hall–Kier alpha value is -3.41. The zero-order chi connectivity index (χ0) is 21.8. The molecule has 0 unspecified atom stereocenters. The minimum Gasteiger partial charge on any atom is -0.444 e. The molecule has 3 heterocycles. The van der Waals surface area contributed by atoms with E-state index in [1.807, 2.05) is 40.0 Å². The number of carbonyl (C=O) groups is 1. The van der Waals surface area contributed by atoms with Crippen molar-refractivity contribution in [2.75, 3.05) is 13.1 Å². The average molecular weight is 415 g/mol. The molecule has 4 aromatic rings. The summed E-state index contributed by atoms with van der Waals surface area (Å²) in [6, 6.07) is 17.0. The summed E-state index contributed by atoms with van der Waals surface area (Å²) in [5.41, 5.74) is 3.46. The molecular weight excluding hydrogens is 388 g/mol. The number of nitrogens with zero attached hydrogens (tertiary/aromatic N) is 4. The van der Waals surface area contributed by atoms with Crippen LogP contribution in [0.25, 0.3) is 33.1 Å². The van der Waals surface area contributed by atoms with Gasteiger partial charge < -0.3 is 14.2 Å². The second-order valence-electron chi connectivity index (χ2n) is 9.16. The van der Waals surface area contributed by atoms with Crippen LogP contribution in [0.15, 0.2) is 54.7 Å². The average Bonchev–Trinajstić information content (AvgIpc) is 3.01. The monoisotopic (exact) mass is 414 g/mol. The second-order valence-corrected chi connectivity index (χ2v) is 9.16. The number of imidazole rings is 1. The predicted molar refractivity (Wildman–Crippen MR) is 122 cm³/mol. The van der Waals surface area contributed by atoms with Crippen LogP contribution in [-0.2, 0) is 4.74 Å². The normalized spacial score (nSPS) is 14.8. The smallest absolute Gasteiger partial charge is 0.410 e. The van der Waals surface area contributed by atoms with Crippen LogP contribution >= 0.6 is 0 Å². The highest BCUT2D eigenvalue weighted by atomic mass is 16.6. The molecule has 0 saturated carbocycles. The van der Waals surface area contributed by atoms with Crippen molar-refractivity contribution in [1.29, 1.82) is 0 Å². The second kappa shape index (κ2) is 7.08. The molecule has 0 bridgehead atoms. The topological polar surface area (TPSA) is 60.2 Å². The molecule has 158 valence electrons. The SMILES string of the molecule is Cc1nc2c(-c3ccc4ccccc4c3)ccnc2n1C1CN(C(=O)OC(C)(C)C)C1. The third-order valence-corrected chi connectivity index (χ3v) is 5.69. The summed E-state index contributed by atoms with van der Waals surface area (Å²) in [6.45, 7) is 8.85. The molecule has 5 rings (SSSR count). The van der Waals surface area contributed by atoms with Gasteiger partial charge in [0.15, 0.2) is 5.65 Å². The maximum absolute atomic E-state index is 12.3. The van der Waals surface area contributed by atoms with E-state index >= 15 is 0 Å². The van der Waals surface area contributed by atoms with Crippen LogP contribution in [0.5, 0.6) is 0 Å². The Morgan fingerprint density at radius 3 is 2.55 bits per heavy atom. The minimum absolute atomic E-state index is 0.150. The first-order chi connectivity index (χ1) is 14.8. The van der Waals surface area contributed by atoms with E-state index in [1.54, 1.807) is 4.90 Å². The summed E-state index contributed by atoms with van der Waals surface area (Å²) in [6.07, 6.45) is 1.57. The lowest BCUT2D eigenvalue weighted by Crippen LogP contribution is -2.52. The van der Waals surface area contributed by atoms with Crippen molar-refractivity contribution in [3.63, 3.8) is 0 Å². The van der Waals surface area contributed by atoms with E-state index in [-0.39, 0.29) is 12.1 Å². The fraction of sp³-hybridized carbons (Fsp3) is 0.320. The van der Waals surface area contributed by atoms with Crippen molar-refractivity contribution >= 4 is 28.0 Å². The first-order valence-electron chi connectivity index (χ1n) is 10.6. The first-order valence-corrected chi connectivity index (χ1v) is 10.6. The number of hydrogen-bond acceptors (Lipinski definition) is 4. The Morgan fingerprint density at radius 2 is 1.81 bits per heavy atom. The molecule has 31 heavy (non-hydrogen) atoms.